The number of thioether (sulfide) groups is 1. The lowest BCUT2D eigenvalue weighted by atomic mass is 10.1. The Kier molecular flexibility index (Phi) is 7.34. The molecule has 1 atom stereocenters. The summed E-state index contributed by atoms with van der Waals surface area (Å²) in [6, 6.07) is 16.5. The van der Waals surface area contributed by atoms with Crippen LogP contribution >= 0.6 is 27.7 Å². The first-order valence-electron chi connectivity index (χ1n) is 7.84. The van der Waals surface area contributed by atoms with Crippen LogP contribution in [0.3, 0.4) is 0 Å². The minimum Gasteiger partial charge on any atom is -0.348 e. The molecule has 2 aromatic carbocycles. The Labute approximate surface area is 157 Å². The van der Waals surface area contributed by atoms with E-state index in [1.165, 1.54) is 10.5 Å². The molecule has 0 radical (unpaired) electrons. The topological polar surface area (TPSA) is 32.3 Å². The molecule has 2 aromatic rings. The molecule has 3 nitrogen and oxygen atoms in total. The lowest BCUT2D eigenvalue weighted by Gasteiger charge is -2.19. The molecule has 0 aliphatic carbocycles. The van der Waals surface area contributed by atoms with Crippen LogP contribution in [0.4, 0.5) is 0 Å². The summed E-state index contributed by atoms with van der Waals surface area (Å²) >= 11 is 5.16. The molecule has 0 aliphatic rings. The number of hydrogen-bond donors (Lipinski definition) is 1. The highest BCUT2D eigenvalue weighted by Crippen LogP contribution is 2.17. The van der Waals surface area contributed by atoms with E-state index in [0.717, 1.165) is 16.6 Å². The van der Waals surface area contributed by atoms with Crippen molar-refractivity contribution in [1.29, 1.82) is 0 Å². The first kappa shape index (κ1) is 19.0. The highest BCUT2D eigenvalue weighted by atomic mass is 79.9. The van der Waals surface area contributed by atoms with Crippen molar-refractivity contribution < 1.29 is 4.79 Å². The van der Waals surface area contributed by atoms with Crippen molar-refractivity contribution in [3.63, 3.8) is 0 Å². The van der Waals surface area contributed by atoms with E-state index in [1.807, 2.05) is 43.1 Å². The normalized spacial score (nSPS) is 12.2. The van der Waals surface area contributed by atoms with E-state index < -0.39 is 0 Å². The predicted octanol–water partition coefficient (Wildman–Crippen LogP) is 4.48. The number of carbonyl (C=O) groups is 1. The molecular formula is C19H23BrN2OS. The van der Waals surface area contributed by atoms with Crippen LogP contribution < -0.4 is 5.32 Å². The second-order valence-corrected chi connectivity index (χ2v) is 7.66. The van der Waals surface area contributed by atoms with E-state index in [1.54, 1.807) is 11.8 Å². The standard InChI is InChI=1S/C19H23BrN2OS/c1-14(16-6-8-17(20)9-7-16)21-19(23)13-22(2)12-15-4-10-18(24-3)11-5-15/h4-11,14H,12-13H2,1-3H3,(H,21,23)/t14-/m0/s1. The van der Waals surface area contributed by atoms with E-state index in [2.05, 4.69) is 51.8 Å². The number of hydrogen-bond acceptors (Lipinski definition) is 3. The molecule has 0 saturated carbocycles. The summed E-state index contributed by atoms with van der Waals surface area (Å²) in [6.45, 7) is 3.14. The van der Waals surface area contributed by atoms with Crippen LogP contribution in [0.15, 0.2) is 57.9 Å². The van der Waals surface area contributed by atoms with Crippen LogP contribution in [0.2, 0.25) is 0 Å². The van der Waals surface area contributed by atoms with Gasteiger partial charge in [-0.25, -0.2) is 0 Å². The molecule has 128 valence electrons. The van der Waals surface area contributed by atoms with E-state index >= 15 is 0 Å². The predicted molar refractivity (Wildman–Crippen MR) is 105 cm³/mol. The number of carbonyl (C=O) groups excluding carboxylic acids is 1. The van der Waals surface area contributed by atoms with Crippen LogP contribution in [-0.2, 0) is 11.3 Å². The molecule has 2 rings (SSSR count). The summed E-state index contributed by atoms with van der Waals surface area (Å²) < 4.78 is 1.04. The van der Waals surface area contributed by atoms with Crippen LogP contribution in [0.25, 0.3) is 0 Å². The lowest BCUT2D eigenvalue weighted by molar-refractivity contribution is -0.122. The Morgan fingerprint density at radius 1 is 1.17 bits per heavy atom. The molecular weight excluding hydrogens is 384 g/mol. The van der Waals surface area contributed by atoms with Crippen LogP contribution in [0.1, 0.15) is 24.1 Å². The highest BCUT2D eigenvalue weighted by molar-refractivity contribution is 9.10. The van der Waals surface area contributed by atoms with Gasteiger partial charge in [-0.2, -0.15) is 0 Å². The fourth-order valence-corrected chi connectivity index (χ4v) is 3.14. The van der Waals surface area contributed by atoms with Gasteiger partial charge < -0.3 is 5.32 Å². The molecule has 0 bridgehead atoms. The molecule has 1 amide bonds. The molecule has 0 heterocycles. The summed E-state index contributed by atoms with van der Waals surface area (Å²) in [7, 11) is 1.96. The second kappa shape index (κ2) is 9.25. The van der Waals surface area contributed by atoms with Gasteiger partial charge in [-0.3, -0.25) is 9.69 Å². The van der Waals surface area contributed by atoms with E-state index in [4.69, 9.17) is 0 Å². The van der Waals surface area contributed by atoms with Crippen molar-refractivity contribution in [2.75, 3.05) is 19.8 Å². The van der Waals surface area contributed by atoms with Crippen LogP contribution in [0, 0.1) is 0 Å². The van der Waals surface area contributed by atoms with Crippen molar-refractivity contribution in [3.8, 4) is 0 Å². The van der Waals surface area contributed by atoms with Gasteiger partial charge in [-0.1, -0.05) is 40.2 Å². The first-order valence-corrected chi connectivity index (χ1v) is 9.86. The van der Waals surface area contributed by atoms with Gasteiger partial charge in [-0.05, 0) is 55.6 Å². The maximum atomic E-state index is 12.2. The Bertz CT molecular complexity index is 658. The largest absolute Gasteiger partial charge is 0.348 e. The SMILES string of the molecule is CSc1ccc(CN(C)CC(=O)N[C@@H](C)c2ccc(Br)cc2)cc1. The second-order valence-electron chi connectivity index (χ2n) is 5.86. The Hall–Kier alpha value is -1.30. The maximum Gasteiger partial charge on any atom is 0.234 e. The van der Waals surface area contributed by atoms with Gasteiger partial charge in [0.15, 0.2) is 0 Å². The van der Waals surface area contributed by atoms with E-state index in [0.29, 0.717) is 6.54 Å². The van der Waals surface area contributed by atoms with Gasteiger partial charge >= 0.3 is 0 Å². The fraction of sp³-hybridized carbons (Fsp3) is 0.316. The number of amides is 1. The number of nitrogens with zero attached hydrogens (tertiary/aromatic N) is 1. The summed E-state index contributed by atoms with van der Waals surface area (Å²) in [4.78, 5) is 15.5. The van der Waals surface area contributed by atoms with Crippen molar-refractivity contribution in [2.24, 2.45) is 0 Å². The summed E-state index contributed by atoms with van der Waals surface area (Å²) in [5.74, 6) is 0.0358. The Morgan fingerprint density at radius 3 is 2.38 bits per heavy atom. The molecule has 0 aliphatic heterocycles. The summed E-state index contributed by atoms with van der Waals surface area (Å²) in [5, 5.41) is 3.05. The molecule has 5 heteroatoms. The van der Waals surface area contributed by atoms with Gasteiger partial charge in [-0.15, -0.1) is 11.8 Å². The van der Waals surface area contributed by atoms with E-state index in [9.17, 15) is 4.79 Å². The fourth-order valence-electron chi connectivity index (χ4n) is 2.47. The molecule has 0 spiro atoms. The van der Waals surface area contributed by atoms with Crippen molar-refractivity contribution in [2.45, 2.75) is 24.4 Å². The zero-order chi connectivity index (χ0) is 17.5. The number of likely N-dealkylation sites (N-methyl/N-ethyl adjacent to an activating group) is 1. The van der Waals surface area contributed by atoms with Crippen molar-refractivity contribution in [1.82, 2.24) is 10.2 Å². The minimum atomic E-state index is -0.000127. The first-order chi connectivity index (χ1) is 11.5. The maximum absolute atomic E-state index is 12.2. The van der Waals surface area contributed by atoms with Crippen LogP contribution in [0.5, 0.6) is 0 Å². The number of nitrogens with one attached hydrogen (secondary N) is 1. The monoisotopic (exact) mass is 406 g/mol. The highest BCUT2D eigenvalue weighted by Gasteiger charge is 2.12. The minimum absolute atomic E-state index is 0.000127. The Balaban J connectivity index is 1.83. The summed E-state index contributed by atoms with van der Waals surface area (Å²) in [6.07, 6.45) is 2.07. The third kappa shape index (κ3) is 5.96. The van der Waals surface area contributed by atoms with Gasteiger partial charge in [0.1, 0.15) is 0 Å². The molecule has 0 aromatic heterocycles. The zero-order valence-electron chi connectivity index (χ0n) is 14.3. The quantitative estimate of drug-likeness (QED) is 0.687. The van der Waals surface area contributed by atoms with Crippen molar-refractivity contribution in [3.05, 3.63) is 64.1 Å². The van der Waals surface area contributed by atoms with Crippen LogP contribution in [-0.4, -0.2) is 30.7 Å². The molecule has 1 N–H and O–H groups in total. The third-order valence-electron chi connectivity index (χ3n) is 3.77. The molecule has 0 saturated heterocycles. The lowest BCUT2D eigenvalue weighted by Crippen LogP contribution is -2.36. The average Bonchev–Trinajstić information content (AvgIpc) is 2.55. The Morgan fingerprint density at radius 2 is 1.79 bits per heavy atom. The average molecular weight is 407 g/mol. The van der Waals surface area contributed by atoms with Gasteiger partial charge in [0.05, 0.1) is 12.6 Å². The van der Waals surface area contributed by atoms with Gasteiger partial charge in [0, 0.05) is 15.9 Å². The zero-order valence-corrected chi connectivity index (χ0v) is 16.7. The van der Waals surface area contributed by atoms with Gasteiger partial charge in [0.25, 0.3) is 0 Å². The molecule has 24 heavy (non-hydrogen) atoms. The van der Waals surface area contributed by atoms with Gasteiger partial charge in [0.2, 0.25) is 5.91 Å². The van der Waals surface area contributed by atoms with E-state index in [-0.39, 0.29) is 11.9 Å². The molecule has 0 unspecified atom stereocenters. The smallest absolute Gasteiger partial charge is 0.234 e. The van der Waals surface area contributed by atoms with Crippen molar-refractivity contribution >= 4 is 33.6 Å². The third-order valence-corrected chi connectivity index (χ3v) is 5.04. The molecule has 0 fully saturated rings. The number of benzene rings is 2. The summed E-state index contributed by atoms with van der Waals surface area (Å²) in [5.41, 5.74) is 2.31. The number of halogens is 1. The number of rotatable bonds is 7.